The van der Waals surface area contributed by atoms with Gasteiger partial charge in [0.25, 0.3) is 6.43 Å². The van der Waals surface area contributed by atoms with Crippen molar-refractivity contribution in [2.75, 3.05) is 10.6 Å². The first-order chi connectivity index (χ1) is 21.0. The molecule has 0 radical (unpaired) electrons. The third kappa shape index (κ3) is 5.07. The predicted molar refractivity (Wildman–Crippen MR) is 153 cm³/mol. The van der Waals surface area contributed by atoms with Gasteiger partial charge in [-0.3, -0.25) is 15.0 Å². The Hall–Kier alpha value is -4.74. The first kappa shape index (κ1) is 29.3. The van der Waals surface area contributed by atoms with E-state index in [0.29, 0.717) is 22.2 Å². The molecule has 1 saturated carbocycles. The molecule has 1 aliphatic heterocycles. The number of rotatable bonds is 8. The van der Waals surface area contributed by atoms with E-state index >= 15 is 4.39 Å². The number of anilines is 3. The van der Waals surface area contributed by atoms with Crippen LogP contribution in [0, 0.1) is 36.9 Å². The van der Waals surface area contributed by atoms with Crippen molar-refractivity contribution in [1.82, 2.24) is 30.9 Å². The quantitative estimate of drug-likeness (QED) is 0.0974. The van der Waals surface area contributed by atoms with E-state index in [9.17, 15) is 22.8 Å². The van der Waals surface area contributed by atoms with Crippen LogP contribution < -0.4 is 21.6 Å². The van der Waals surface area contributed by atoms with E-state index in [1.54, 1.807) is 6.07 Å². The van der Waals surface area contributed by atoms with Gasteiger partial charge in [0.15, 0.2) is 0 Å². The topological polar surface area (TPSA) is 114 Å². The van der Waals surface area contributed by atoms with Crippen molar-refractivity contribution in [2.24, 2.45) is 0 Å². The van der Waals surface area contributed by atoms with Crippen LogP contribution in [0.2, 0.25) is 5.02 Å². The van der Waals surface area contributed by atoms with Gasteiger partial charge in [-0.2, -0.15) is 14.0 Å². The monoisotopic (exact) mass is 627 g/mol. The minimum atomic E-state index is -2.81. The van der Waals surface area contributed by atoms with Gasteiger partial charge in [-0.25, -0.2) is 18.2 Å². The molecule has 2 aliphatic rings. The smallest absolute Gasteiger partial charge is 0.263 e. The molecule has 4 heterocycles. The number of hydrazine groups is 2. The van der Waals surface area contributed by atoms with Gasteiger partial charge in [0, 0.05) is 34.6 Å². The van der Waals surface area contributed by atoms with Crippen LogP contribution in [-0.4, -0.2) is 31.9 Å². The first-order valence-electron chi connectivity index (χ1n) is 13.3. The molecule has 3 aromatic heterocycles. The second-order valence-electron chi connectivity index (χ2n) is 10.5. The Kier molecular flexibility index (Phi) is 7.38. The SMILES string of the molecule is Cc1ncc(Nc2c(C#N)cnc3c(Cl)cc(N[C@H](C4=C(F)N(C5(C(F)F)CC5)NN4)c4ccc(F)nc4C)cc23)cc1F. The summed E-state index contributed by atoms with van der Waals surface area (Å²) in [5, 5.41) is 17.3. The lowest BCUT2D eigenvalue weighted by molar-refractivity contribution is -0.00954. The van der Waals surface area contributed by atoms with Gasteiger partial charge in [0.1, 0.15) is 23.1 Å². The normalized spacial score (nSPS) is 16.2. The first-order valence-corrected chi connectivity index (χ1v) is 13.7. The third-order valence-corrected chi connectivity index (χ3v) is 7.97. The van der Waals surface area contributed by atoms with Gasteiger partial charge in [-0.15, -0.1) is 5.53 Å². The molecule has 6 rings (SSSR count). The average Bonchev–Trinajstić information content (AvgIpc) is 3.70. The number of hydrogen-bond donors (Lipinski definition) is 4. The molecule has 0 unspecified atom stereocenters. The number of aromatic nitrogens is 3. The molecule has 1 aromatic carbocycles. The highest BCUT2D eigenvalue weighted by Gasteiger charge is 2.59. The molecule has 0 amide bonds. The minimum Gasteiger partial charge on any atom is -0.373 e. The van der Waals surface area contributed by atoms with Gasteiger partial charge in [-0.05, 0) is 44.9 Å². The summed E-state index contributed by atoms with van der Waals surface area (Å²) in [5.41, 5.74) is 5.33. The Bertz CT molecular complexity index is 1870. The average molecular weight is 628 g/mol. The summed E-state index contributed by atoms with van der Waals surface area (Å²) in [4.78, 5) is 12.2. The maximum atomic E-state index is 15.9. The number of aryl methyl sites for hydroxylation is 2. The Morgan fingerprint density at radius 3 is 2.48 bits per heavy atom. The molecule has 1 aliphatic carbocycles. The van der Waals surface area contributed by atoms with Crippen molar-refractivity contribution >= 4 is 39.6 Å². The largest absolute Gasteiger partial charge is 0.373 e. The Labute approximate surface area is 252 Å². The zero-order chi connectivity index (χ0) is 31.3. The van der Waals surface area contributed by atoms with E-state index in [1.165, 1.54) is 44.4 Å². The van der Waals surface area contributed by atoms with Crippen LogP contribution in [0.5, 0.6) is 0 Å². The maximum Gasteiger partial charge on any atom is 0.263 e. The number of nitrogens with one attached hydrogen (secondary N) is 4. The summed E-state index contributed by atoms with van der Waals surface area (Å²) >= 11 is 6.62. The van der Waals surface area contributed by atoms with E-state index < -0.39 is 35.7 Å². The van der Waals surface area contributed by atoms with Crippen molar-refractivity contribution < 1.29 is 22.0 Å². The summed E-state index contributed by atoms with van der Waals surface area (Å²) in [6, 6.07) is 7.79. The number of nitrogens with zero attached hydrogens (tertiary/aromatic N) is 5. The van der Waals surface area contributed by atoms with Crippen LogP contribution in [0.4, 0.5) is 39.0 Å². The highest BCUT2D eigenvalue weighted by atomic mass is 35.5. The van der Waals surface area contributed by atoms with E-state index in [1.807, 2.05) is 6.07 Å². The Morgan fingerprint density at radius 2 is 1.82 bits per heavy atom. The molecule has 0 spiro atoms. The molecule has 1 fully saturated rings. The van der Waals surface area contributed by atoms with E-state index in [0.717, 1.165) is 11.1 Å². The zero-order valence-corrected chi connectivity index (χ0v) is 23.9. The number of halogens is 6. The van der Waals surface area contributed by atoms with Crippen molar-refractivity contribution in [3.63, 3.8) is 0 Å². The second-order valence-corrected chi connectivity index (χ2v) is 10.9. The molecule has 0 saturated heterocycles. The van der Waals surface area contributed by atoms with Crippen LogP contribution in [-0.2, 0) is 0 Å². The van der Waals surface area contributed by atoms with Gasteiger partial charge in [-0.1, -0.05) is 17.7 Å². The predicted octanol–water partition coefficient (Wildman–Crippen LogP) is 6.60. The molecule has 44 heavy (non-hydrogen) atoms. The van der Waals surface area contributed by atoms with Crippen molar-refractivity contribution in [2.45, 2.75) is 44.7 Å². The van der Waals surface area contributed by atoms with Crippen LogP contribution >= 0.6 is 11.6 Å². The van der Waals surface area contributed by atoms with E-state index in [-0.39, 0.29) is 51.9 Å². The number of nitriles is 1. The maximum absolute atomic E-state index is 15.9. The molecule has 1 atom stereocenters. The highest BCUT2D eigenvalue weighted by Crippen LogP contribution is 2.49. The Morgan fingerprint density at radius 1 is 1.05 bits per heavy atom. The van der Waals surface area contributed by atoms with E-state index in [4.69, 9.17) is 11.6 Å². The molecular weight excluding hydrogens is 605 g/mol. The summed E-state index contributed by atoms with van der Waals surface area (Å²) in [6.07, 6.45) is 0.0749. The Balaban J connectivity index is 1.46. The fourth-order valence-electron chi connectivity index (χ4n) is 5.10. The van der Waals surface area contributed by atoms with Gasteiger partial charge in [0.2, 0.25) is 11.9 Å². The summed E-state index contributed by atoms with van der Waals surface area (Å²) < 4.78 is 71.8. The zero-order valence-electron chi connectivity index (χ0n) is 23.1. The number of fused-ring (bicyclic) bond motifs is 1. The molecule has 9 nitrogen and oxygen atoms in total. The number of hydrogen-bond acceptors (Lipinski definition) is 9. The molecule has 226 valence electrons. The second kappa shape index (κ2) is 11.1. The minimum absolute atomic E-state index is 0.0833. The summed E-state index contributed by atoms with van der Waals surface area (Å²) in [7, 11) is 0. The molecule has 4 N–H and O–H groups in total. The van der Waals surface area contributed by atoms with Crippen molar-refractivity contribution in [3.8, 4) is 6.07 Å². The van der Waals surface area contributed by atoms with Crippen LogP contribution in [0.1, 0.15) is 41.4 Å². The molecule has 4 aromatic rings. The van der Waals surface area contributed by atoms with Gasteiger partial charge >= 0.3 is 0 Å². The third-order valence-electron chi connectivity index (χ3n) is 7.68. The molecular formula is C29H23ClF5N9. The number of alkyl halides is 2. The number of benzene rings is 1. The standard InChI is InChI=1S/C29H23ClF5N9/c1-13-18(3-4-22(32)39-13)25(26-27(33)44(43-42-26)29(5-6-29)28(34)35)40-16-7-19-23(41-17-9-21(31)14(2)37-12-17)15(10-36)11-38-24(19)20(30)8-16/h3-4,7-9,11-12,25,28,40,42-43H,5-6H2,1-2H3,(H,38,41)/t25-/m0/s1. The van der Waals surface area contributed by atoms with Crippen LogP contribution in [0.15, 0.2) is 54.4 Å². The lowest BCUT2D eigenvalue weighted by Gasteiger charge is -2.26. The van der Waals surface area contributed by atoms with Crippen LogP contribution in [0.3, 0.4) is 0 Å². The number of pyridine rings is 3. The lowest BCUT2D eigenvalue weighted by atomic mass is 10.0. The fourth-order valence-corrected chi connectivity index (χ4v) is 5.37. The molecule has 15 heteroatoms. The van der Waals surface area contributed by atoms with Gasteiger partial charge < -0.3 is 16.1 Å². The van der Waals surface area contributed by atoms with Gasteiger partial charge in [0.05, 0.1) is 45.4 Å². The summed E-state index contributed by atoms with van der Waals surface area (Å²) in [6.45, 7) is 3.04. The van der Waals surface area contributed by atoms with Crippen molar-refractivity contribution in [1.29, 1.82) is 5.26 Å². The fraction of sp³-hybridized carbons (Fsp3) is 0.241. The highest BCUT2D eigenvalue weighted by molar-refractivity contribution is 6.36. The summed E-state index contributed by atoms with van der Waals surface area (Å²) in [5.74, 6) is -2.28. The molecule has 0 bridgehead atoms. The van der Waals surface area contributed by atoms with E-state index in [2.05, 4.69) is 36.5 Å². The van der Waals surface area contributed by atoms with Crippen molar-refractivity contribution in [3.05, 3.63) is 93.7 Å². The van der Waals surface area contributed by atoms with Crippen LogP contribution in [0.25, 0.3) is 10.9 Å². The lowest BCUT2D eigenvalue weighted by Crippen LogP contribution is -2.49.